The lowest BCUT2D eigenvalue weighted by Crippen LogP contribution is -1.97. The first-order chi connectivity index (χ1) is 7.76. The number of halogens is 1. The highest BCUT2D eigenvalue weighted by atomic mass is 35.5. The molecule has 0 bridgehead atoms. The molecule has 0 spiro atoms. The van der Waals surface area contributed by atoms with Gasteiger partial charge in [0.1, 0.15) is 0 Å². The van der Waals surface area contributed by atoms with Crippen LogP contribution < -0.4 is 0 Å². The Hall–Kier alpha value is -1.08. The second-order valence-corrected chi connectivity index (χ2v) is 4.42. The topological polar surface area (TPSA) is 12.9 Å². The van der Waals surface area contributed by atoms with Crippen LogP contribution in [0.5, 0.6) is 0 Å². The second kappa shape index (κ2) is 4.84. The van der Waals surface area contributed by atoms with Gasteiger partial charge in [-0.2, -0.15) is 0 Å². The summed E-state index contributed by atoms with van der Waals surface area (Å²) in [4.78, 5) is 4.70. The van der Waals surface area contributed by atoms with Crippen molar-refractivity contribution in [1.82, 2.24) is 4.98 Å². The fraction of sp³-hybridized carbons (Fsp3) is 0.357. The number of nitrogens with zero attached hydrogens (tertiary/aromatic N) is 1. The summed E-state index contributed by atoms with van der Waals surface area (Å²) >= 11 is 6.16. The van der Waals surface area contributed by atoms with Gasteiger partial charge >= 0.3 is 0 Å². The maximum absolute atomic E-state index is 6.16. The van der Waals surface area contributed by atoms with Gasteiger partial charge < -0.3 is 0 Å². The molecule has 0 aliphatic rings. The number of hydrogen-bond acceptors (Lipinski definition) is 1. The van der Waals surface area contributed by atoms with Gasteiger partial charge in [0.2, 0.25) is 0 Å². The molecule has 2 aromatic rings. The van der Waals surface area contributed by atoms with Gasteiger partial charge in [0.05, 0.1) is 10.5 Å². The lowest BCUT2D eigenvalue weighted by atomic mass is 10.0. The van der Waals surface area contributed by atoms with E-state index in [9.17, 15) is 0 Å². The molecule has 16 heavy (non-hydrogen) atoms. The molecular weight excluding hydrogens is 218 g/mol. The Morgan fingerprint density at radius 1 is 1.25 bits per heavy atom. The SMILES string of the molecule is CCCc1nc2c(Cl)cccc2cc1CC. The Morgan fingerprint density at radius 3 is 2.75 bits per heavy atom. The number of aromatic nitrogens is 1. The van der Waals surface area contributed by atoms with Crippen molar-refractivity contribution in [2.45, 2.75) is 33.1 Å². The zero-order valence-electron chi connectivity index (χ0n) is 9.76. The Bertz CT molecular complexity index is 505. The van der Waals surface area contributed by atoms with E-state index < -0.39 is 0 Å². The molecule has 0 saturated carbocycles. The zero-order valence-corrected chi connectivity index (χ0v) is 10.5. The molecule has 1 heterocycles. The van der Waals surface area contributed by atoms with Crippen LogP contribution >= 0.6 is 11.6 Å². The van der Waals surface area contributed by atoms with Gasteiger partial charge in [0, 0.05) is 11.1 Å². The maximum Gasteiger partial charge on any atom is 0.0891 e. The van der Waals surface area contributed by atoms with Gasteiger partial charge in [-0.3, -0.25) is 4.98 Å². The molecule has 0 aliphatic carbocycles. The summed E-state index contributed by atoms with van der Waals surface area (Å²) < 4.78 is 0. The van der Waals surface area contributed by atoms with Crippen LogP contribution in [0.3, 0.4) is 0 Å². The van der Waals surface area contributed by atoms with Crippen molar-refractivity contribution < 1.29 is 0 Å². The third-order valence-corrected chi connectivity index (χ3v) is 3.14. The Labute approximate surface area is 101 Å². The lowest BCUT2D eigenvalue weighted by molar-refractivity contribution is 0.865. The van der Waals surface area contributed by atoms with Crippen LogP contribution in [0, 0.1) is 0 Å². The molecule has 0 unspecified atom stereocenters. The largest absolute Gasteiger partial charge is 0.251 e. The molecule has 0 saturated heterocycles. The van der Waals surface area contributed by atoms with Crippen molar-refractivity contribution in [3.05, 3.63) is 40.5 Å². The smallest absolute Gasteiger partial charge is 0.0891 e. The summed E-state index contributed by atoms with van der Waals surface area (Å²) in [6.45, 7) is 4.35. The van der Waals surface area contributed by atoms with Crippen molar-refractivity contribution in [3.8, 4) is 0 Å². The van der Waals surface area contributed by atoms with Gasteiger partial charge in [-0.05, 0) is 30.5 Å². The van der Waals surface area contributed by atoms with Crippen LogP contribution in [-0.2, 0) is 12.8 Å². The fourth-order valence-electron chi connectivity index (χ4n) is 2.00. The van der Waals surface area contributed by atoms with Crippen molar-refractivity contribution >= 4 is 22.5 Å². The van der Waals surface area contributed by atoms with Crippen molar-refractivity contribution in [3.63, 3.8) is 0 Å². The van der Waals surface area contributed by atoms with E-state index in [-0.39, 0.29) is 0 Å². The lowest BCUT2D eigenvalue weighted by Gasteiger charge is -2.09. The van der Waals surface area contributed by atoms with E-state index in [0.29, 0.717) is 0 Å². The Balaban J connectivity index is 2.65. The molecule has 0 atom stereocenters. The molecule has 0 radical (unpaired) electrons. The van der Waals surface area contributed by atoms with Crippen molar-refractivity contribution in [2.24, 2.45) is 0 Å². The molecule has 84 valence electrons. The monoisotopic (exact) mass is 233 g/mol. The molecule has 1 aromatic carbocycles. The predicted octanol–water partition coefficient (Wildman–Crippen LogP) is 4.40. The Morgan fingerprint density at radius 2 is 2.06 bits per heavy atom. The first kappa shape index (κ1) is 11.4. The van der Waals surface area contributed by atoms with Crippen molar-refractivity contribution in [2.75, 3.05) is 0 Å². The summed E-state index contributed by atoms with van der Waals surface area (Å²) in [5.41, 5.74) is 3.48. The van der Waals surface area contributed by atoms with Gasteiger partial charge in [-0.1, -0.05) is 44.0 Å². The number of para-hydroxylation sites is 1. The third-order valence-electron chi connectivity index (χ3n) is 2.83. The summed E-state index contributed by atoms with van der Waals surface area (Å²) in [5, 5.41) is 1.89. The highest BCUT2D eigenvalue weighted by Gasteiger charge is 2.06. The quantitative estimate of drug-likeness (QED) is 0.766. The van der Waals surface area contributed by atoms with Crippen LogP contribution in [0.1, 0.15) is 31.5 Å². The minimum atomic E-state index is 0.748. The van der Waals surface area contributed by atoms with Gasteiger partial charge in [-0.25, -0.2) is 0 Å². The van der Waals surface area contributed by atoms with Crippen LogP contribution in [0.25, 0.3) is 10.9 Å². The summed E-state index contributed by atoms with van der Waals surface area (Å²) in [5.74, 6) is 0. The van der Waals surface area contributed by atoms with Crippen LogP contribution in [0.15, 0.2) is 24.3 Å². The average molecular weight is 234 g/mol. The molecule has 1 aromatic heterocycles. The number of fused-ring (bicyclic) bond motifs is 1. The minimum Gasteiger partial charge on any atom is -0.251 e. The normalized spacial score (nSPS) is 10.9. The van der Waals surface area contributed by atoms with E-state index in [1.807, 2.05) is 12.1 Å². The van der Waals surface area contributed by atoms with Gasteiger partial charge in [0.15, 0.2) is 0 Å². The highest BCUT2D eigenvalue weighted by Crippen LogP contribution is 2.24. The molecule has 0 amide bonds. The predicted molar refractivity (Wildman–Crippen MR) is 70.1 cm³/mol. The Kier molecular flexibility index (Phi) is 3.45. The first-order valence-corrected chi connectivity index (χ1v) is 6.21. The number of benzene rings is 1. The number of hydrogen-bond donors (Lipinski definition) is 0. The summed E-state index contributed by atoms with van der Waals surface area (Å²) in [7, 11) is 0. The molecule has 1 nitrogen and oxygen atoms in total. The minimum absolute atomic E-state index is 0.748. The fourth-order valence-corrected chi connectivity index (χ4v) is 2.23. The van der Waals surface area contributed by atoms with Crippen LogP contribution in [0.4, 0.5) is 0 Å². The molecule has 2 rings (SSSR count). The van der Waals surface area contributed by atoms with E-state index in [4.69, 9.17) is 16.6 Å². The summed E-state index contributed by atoms with van der Waals surface area (Å²) in [6, 6.07) is 8.17. The second-order valence-electron chi connectivity index (χ2n) is 4.01. The van der Waals surface area contributed by atoms with Crippen LogP contribution in [-0.4, -0.2) is 4.98 Å². The molecule has 2 heteroatoms. The molecule has 0 fully saturated rings. The average Bonchev–Trinajstić information content (AvgIpc) is 2.30. The van der Waals surface area contributed by atoms with E-state index in [1.165, 1.54) is 11.3 Å². The summed E-state index contributed by atoms with van der Waals surface area (Å²) in [6.07, 6.45) is 3.19. The van der Waals surface area contributed by atoms with E-state index in [0.717, 1.165) is 35.2 Å². The number of rotatable bonds is 3. The van der Waals surface area contributed by atoms with E-state index in [2.05, 4.69) is 26.0 Å². The highest BCUT2D eigenvalue weighted by molar-refractivity contribution is 6.35. The third kappa shape index (κ3) is 2.05. The number of aryl methyl sites for hydroxylation is 2. The molecule has 0 N–H and O–H groups in total. The number of pyridine rings is 1. The van der Waals surface area contributed by atoms with Crippen LogP contribution in [0.2, 0.25) is 5.02 Å². The maximum atomic E-state index is 6.16. The standard InChI is InChI=1S/C14H16ClN/c1-3-6-13-10(4-2)9-11-7-5-8-12(15)14(11)16-13/h5,7-9H,3-4,6H2,1-2H3. The zero-order chi connectivity index (χ0) is 11.5. The van der Waals surface area contributed by atoms with Gasteiger partial charge in [0.25, 0.3) is 0 Å². The van der Waals surface area contributed by atoms with Crippen molar-refractivity contribution in [1.29, 1.82) is 0 Å². The molecule has 0 aliphatic heterocycles. The first-order valence-electron chi connectivity index (χ1n) is 5.83. The van der Waals surface area contributed by atoms with E-state index in [1.54, 1.807) is 0 Å². The van der Waals surface area contributed by atoms with Gasteiger partial charge in [-0.15, -0.1) is 0 Å². The van der Waals surface area contributed by atoms with E-state index >= 15 is 0 Å². The molecular formula is C14H16ClN.